The summed E-state index contributed by atoms with van der Waals surface area (Å²) in [6.07, 6.45) is 0.759. The summed E-state index contributed by atoms with van der Waals surface area (Å²) in [6.45, 7) is 5.22. The second kappa shape index (κ2) is 8.36. The lowest BCUT2D eigenvalue weighted by Crippen LogP contribution is -2.44. The predicted octanol–water partition coefficient (Wildman–Crippen LogP) is 3.85. The number of hydrogen-bond donors (Lipinski definition) is 2. The third-order valence-corrected chi connectivity index (χ3v) is 4.16. The molecular formula is C17H19Cl2N3O3. The van der Waals surface area contributed by atoms with E-state index in [-0.39, 0.29) is 23.4 Å². The second-order valence-corrected chi connectivity index (χ2v) is 6.45. The van der Waals surface area contributed by atoms with E-state index < -0.39 is 11.9 Å². The van der Waals surface area contributed by atoms with Crippen molar-refractivity contribution in [3.63, 3.8) is 0 Å². The molecule has 0 saturated heterocycles. The van der Waals surface area contributed by atoms with Gasteiger partial charge in [-0.25, -0.2) is 9.78 Å². The summed E-state index contributed by atoms with van der Waals surface area (Å²) in [6, 6.07) is 4.56. The topological polar surface area (TPSA) is 80.3 Å². The lowest BCUT2D eigenvalue weighted by atomic mass is 10.2. The SMILES string of the molecule is CC[C@H](C)NC(=O)NC(=O)COc1c(Cl)cc(Cl)c2ccc(C)nc12. The summed E-state index contributed by atoms with van der Waals surface area (Å²) >= 11 is 12.3. The number of fused-ring (bicyclic) bond motifs is 1. The van der Waals surface area contributed by atoms with Crippen LogP contribution in [0.4, 0.5) is 4.79 Å². The Kier molecular flexibility index (Phi) is 6.45. The molecule has 0 saturated carbocycles. The minimum absolute atomic E-state index is 0.0319. The predicted molar refractivity (Wildman–Crippen MR) is 98.4 cm³/mol. The number of benzene rings is 1. The van der Waals surface area contributed by atoms with Crippen LogP contribution < -0.4 is 15.4 Å². The third kappa shape index (κ3) is 4.96. The molecule has 2 aromatic rings. The maximum atomic E-state index is 11.9. The van der Waals surface area contributed by atoms with Gasteiger partial charge in [-0.2, -0.15) is 0 Å². The zero-order valence-corrected chi connectivity index (χ0v) is 15.7. The van der Waals surface area contributed by atoms with Crippen molar-refractivity contribution >= 4 is 46.0 Å². The molecule has 2 N–H and O–H groups in total. The Bertz CT molecular complexity index is 811. The average molecular weight is 384 g/mol. The number of urea groups is 1. The van der Waals surface area contributed by atoms with Gasteiger partial charge in [-0.05, 0) is 38.5 Å². The Morgan fingerprint density at radius 3 is 2.68 bits per heavy atom. The first-order valence-corrected chi connectivity index (χ1v) is 8.56. The number of carbonyl (C=O) groups is 2. The van der Waals surface area contributed by atoms with Crippen LogP contribution in [-0.4, -0.2) is 29.6 Å². The van der Waals surface area contributed by atoms with Gasteiger partial charge in [0, 0.05) is 17.1 Å². The number of aromatic nitrogens is 1. The van der Waals surface area contributed by atoms with Crippen molar-refractivity contribution in [2.24, 2.45) is 0 Å². The zero-order chi connectivity index (χ0) is 18.6. The van der Waals surface area contributed by atoms with Gasteiger partial charge in [-0.3, -0.25) is 10.1 Å². The molecule has 0 radical (unpaired) electrons. The molecule has 3 amide bonds. The van der Waals surface area contributed by atoms with Crippen LogP contribution >= 0.6 is 23.2 Å². The third-order valence-electron chi connectivity index (χ3n) is 3.57. The van der Waals surface area contributed by atoms with Crippen LogP contribution in [0.3, 0.4) is 0 Å². The van der Waals surface area contributed by atoms with E-state index in [1.54, 1.807) is 0 Å². The lowest BCUT2D eigenvalue weighted by molar-refractivity contribution is -0.121. The minimum atomic E-state index is -0.590. The molecule has 0 unspecified atom stereocenters. The molecule has 1 heterocycles. The van der Waals surface area contributed by atoms with E-state index in [2.05, 4.69) is 15.6 Å². The van der Waals surface area contributed by atoms with Crippen molar-refractivity contribution < 1.29 is 14.3 Å². The number of carbonyl (C=O) groups excluding carboxylic acids is 2. The summed E-state index contributed by atoms with van der Waals surface area (Å²) in [7, 11) is 0. The number of rotatable bonds is 5. The Hall–Kier alpha value is -2.05. The van der Waals surface area contributed by atoms with E-state index in [0.29, 0.717) is 15.9 Å². The van der Waals surface area contributed by atoms with Gasteiger partial charge in [0.1, 0.15) is 5.52 Å². The van der Waals surface area contributed by atoms with Crippen LogP contribution in [0.2, 0.25) is 10.0 Å². The molecule has 6 nitrogen and oxygen atoms in total. The minimum Gasteiger partial charge on any atom is -0.480 e. The van der Waals surface area contributed by atoms with E-state index in [1.165, 1.54) is 6.07 Å². The average Bonchev–Trinajstić information content (AvgIpc) is 2.53. The summed E-state index contributed by atoms with van der Waals surface area (Å²) in [5.74, 6) is -0.338. The van der Waals surface area contributed by atoms with Crippen molar-refractivity contribution in [1.82, 2.24) is 15.6 Å². The van der Waals surface area contributed by atoms with Gasteiger partial charge in [-0.15, -0.1) is 0 Å². The smallest absolute Gasteiger partial charge is 0.321 e. The quantitative estimate of drug-likeness (QED) is 0.821. The number of hydrogen-bond acceptors (Lipinski definition) is 4. The molecule has 0 aliphatic heterocycles. The Morgan fingerprint density at radius 2 is 2.00 bits per heavy atom. The van der Waals surface area contributed by atoms with Gasteiger partial charge in [0.15, 0.2) is 12.4 Å². The fraction of sp³-hybridized carbons (Fsp3) is 0.353. The monoisotopic (exact) mass is 383 g/mol. The van der Waals surface area contributed by atoms with Crippen LogP contribution in [0.5, 0.6) is 5.75 Å². The zero-order valence-electron chi connectivity index (χ0n) is 14.2. The highest BCUT2D eigenvalue weighted by Gasteiger charge is 2.16. The van der Waals surface area contributed by atoms with Crippen LogP contribution in [0.15, 0.2) is 18.2 Å². The lowest BCUT2D eigenvalue weighted by Gasteiger charge is -2.13. The normalized spacial score (nSPS) is 11.9. The second-order valence-electron chi connectivity index (χ2n) is 5.64. The highest BCUT2D eigenvalue weighted by atomic mass is 35.5. The van der Waals surface area contributed by atoms with Crippen molar-refractivity contribution in [3.05, 3.63) is 33.9 Å². The van der Waals surface area contributed by atoms with Crippen molar-refractivity contribution in [2.45, 2.75) is 33.2 Å². The van der Waals surface area contributed by atoms with E-state index in [0.717, 1.165) is 12.1 Å². The molecule has 0 aliphatic carbocycles. The molecule has 0 bridgehead atoms. The summed E-state index contributed by atoms with van der Waals surface area (Å²) < 4.78 is 5.51. The fourth-order valence-electron chi connectivity index (χ4n) is 2.09. The van der Waals surface area contributed by atoms with E-state index in [1.807, 2.05) is 32.9 Å². The van der Waals surface area contributed by atoms with Gasteiger partial charge < -0.3 is 10.1 Å². The van der Waals surface area contributed by atoms with Gasteiger partial charge in [0.25, 0.3) is 5.91 Å². The van der Waals surface area contributed by atoms with Crippen molar-refractivity contribution in [3.8, 4) is 5.75 Å². The summed E-state index contributed by atoms with van der Waals surface area (Å²) in [4.78, 5) is 27.9. The van der Waals surface area contributed by atoms with Crippen molar-refractivity contribution in [1.29, 1.82) is 0 Å². The number of nitrogens with one attached hydrogen (secondary N) is 2. The Labute approximate surface area is 155 Å². The number of imide groups is 1. The number of ether oxygens (including phenoxy) is 1. The maximum Gasteiger partial charge on any atom is 0.321 e. The summed E-state index contributed by atoms with van der Waals surface area (Å²) in [5, 5.41) is 6.19. The fourth-order valence-corrected chi connectivity index (χ4v) is 2.66. The van der Waals surface area contributed by atoms with Gasteiger partial charge >= 0.3 is 6.03 Å². The first-order valence-electron chi connectivity index (χ1n) is 7.80. The molecule has 134 valence electrons. The molecule has 8 heteroatoms. The van der Waals surface area contributed by atoms with Gasteiger partial charge in [-0.1, -0.05) is 30.1 Å². The molecule has 1 atom stereocenters. The van der Waals surface area contributed by atoms with E-state index >= 15 is 0 Å². The maximum absolute atomic E-state index is 11.9. The number of nitrogens with zero attached hydrogens (tertiary/aromatic N) is 1. The number of amides is 3. The van der Waals surface area contributed by atoms with E-state index in [4.69, 9.17) is 27.9 Å². The molecule has 2 rings (SSSR count). The van der Waals surface area contributed by atoms with Gasteiger partial charge in [0.05, 0.1) is 10.0 Å². The number of halogens is 2. The van der Waals surface area contributed by atoms with Crippen LogP contribution in [0.1, 0.15) is 26.0 Å². The number of pyridine rings is 1. The standard InChI is InChI=1S/C17H19Cl2N3O3/c1-4-9(2)21-17(24)22-14(23)8-25-16-13(19)7-12(18)11-6-5-10(3)20-15(11)16/h5-7,9H,4,8H2,1-3H3,(H2,21,22,23,24)/t9-/m0/s1. The highest BCUT2D eigenvalue weighted by molar-refractivity contribution is 6.39. The van der Waals surface area contributed by atoms with Crippen LogP contribution in [-0.2, 0) is 4.79 Å². The molecule has 0 spiro atoms. The molecule has 25 heavy (non-hydrogen) atoms. The van der Waals surface area contributed by atoms with E-state index in [9.17, 15) is 9.59 Å². The van der Waals surface area contributed by atoms with Crippen molar-refractivity contribution in [2.75, 3.05) is 6.61 Å². The highest BCUT2D eigenvalue weighted by Crippen LogP contribution is 2.37. The largest absolute Gasteiger partial charge is 0.480 e. The van der Waals surface area contributed by atoms with Gasteiger partial charge in [0.2, 0.25) is 0 Å². The molecule has 1 aromatic heterocycles. The number of aryl methyl sites for hydroxylation is 1. The molecular weight excluding hydrogens is 365 g/mol. The van der Waals surface area contributed by atoms with Crippen LogP contribution in [0.25, 0.3) is 10.9 Å². The molecule has 0 fully saturated rings. The summed E-state index contributed by atoms with van der Waals surface area (Å²) in [5.41, 5.74) is 1.22. The first kappa shape index (κ1) is 19.3. The van der Waals surface area contributed by atoms with Crippen LogP contribution in [0, 0.1) is 6.92 Å². The molecule has 0 aliphatic rings. The Morgan fingerprint density at radius 1 is 1.28 bits per heavy atom. The Balaban J connectivity index is 2.11. The first-order chi connectivity index (χ1) is 11.8. The molecule has 1 aromatic carbocycles.